The maximum atomic E-state index is 12.5. The van der Waals surface area contributed by atoms with Crippen LogP contribution in [0.3, 0.4) is 0 Å². The average molecular weight is 274 g/mol. The van der Waals surface area contributed by atoms with Gasteiger partial charge in [-0.3, -0.25) is 10.1 Å². The summed E-state index contributed by atoms with van der Waals surface area (Å²) in [5, 5.41) is 5.33. The number of ether oxygens (including phenoxy) is 1. The van der Waals surface area contributed by atoms with Gasteiger partial charge >= 0.3 is 6.18 Å². The molecule has 104 valence electrons. The van der Waals surface area contributed by atoms with Crippen LogP contribution >= 0.6 is 0 Å². The molecule has 0 saturated carbocycles. The summed E-state index contributed by atoms with van der Waals surface area (Å²) < 4.78 is 42.9. The predicted molar refractivity (Wildman–Crippen MR) is 61.4 cm³/mol. The van der Waals surface area contributed by atoms with Gasteiger partial charge in [0, 0.05) is 13.6 Å². The number of carbonyl (C=O) groups excluding carboxylic acids is 1. The van der Waals surface area contributed by atoms with E-state index < -0.39 is 18.0 Å². The highest BCUT2D eigenvalue weighted by Crippen LogP contribution is 2.32. The van der Waals surface area contributed by atoms with E-state index in [1.807, 2.05) is 0 Å². The predicted octanol–water partition coefficient (Wildman–Crippen LogP) is 1.38. The van der Waals surface area contributed by atoms with Crippen molar-refractivity contribution in [3.63, 3.8) is 0 Å². The number of benzene rings is 1. The highest BCUT2D eigenvalue weighted by Gasteiger charge is 2.38. The second kappa shape index (κ2) is 5.08. The Morgan fingerprint density at radius 1 is 1.47 bits per heavy atom. The van der Waals surface area contributed by atoms with Crippen LogP contribution in [0.5, 0.6) is 5.75 Å². The Labute approximate surface area is 107 Å². The highest BCUT2D eigenvalue weighted by atomic mass is 19.4. The summed E-state index contributed by atoms with van der Waals surface area (Å²) in [6, 6.07) is 4.58. The molecular formula is C12H13F3N2O2. The Bertz CT molecular complexity index is 476. The maximum Gasteiger partial charge on any atom is 0.416 e. The summed E-state index contributed by atoms with van der Waals surface area (Å²) in [4.78, 5) is 11.4. The summed E-state index contributed by atoms with van der Waals surface area (Å²) in [5.41, 5.74) is -0.777. The van der Waals surface area contributed by atoms with Gasteiger partial charge in [0.2, 0.25) is 5.91 Å². The summed E-state index contributed by atoms with van der Waals surface area (Å²) in [7, 11) is 1.50. The van der Waals surface area contributed by atoms with Gasteiger partial charge in [-0.05, 0) is 18.2 Å². The summed E-state index contributed by atoms with van der Waals surface area (Å²) in [6.45, 7) is 0.448. The van der Waals surface area contributed by atoms with Crippen molar-refractivity contribution in [2.24, 2.45) is 5.92 Å². The molecule has 1 aliphatic rings. The van der Waals surface area contributed by atoms with Gasteiger partial charge in [-0.15, -0.1) is 0 Å². The molecule has 2 rings (SSSR count). The minimum Gasteiger partial charge on any atom is -0.474 e. The monoisotopic (exact) mass is 274 g/mol. The van der Waals surface area contributed by atoms with Crippen LogP contribution in [-0.4, -0.2) is 25.7 Å². The van der Waals surface area contributed by atoms with Gasteiger partial charge in [0.05, 0.1) is 5.56 Å². The molecule has 2 atom stereocenters. The Balaban J connectivity index is 2.06. The second-order valence-corrected chi connectivity index (χ2v) is 4.19. The van der Waals surface area contributed by atoms with Crippen LogP contribution in [0.25, 0.3) is 0 Å². The van der Waals surface area contributed by atoms with E-state index in [0.717, 1.165) is 12.1 Å². The van der Waals surface area contributed by atoms with E-state index in [4.69, 9.17) is 4.74 Å². The minimum absolute atomic E-state index is 0.0842. The lowest BCUT2D eigenvalue weighted by atomic mass is 9.99. The molecule has 7 heteroatoms. The third kappa shape index (κ3) is 2.98. The van der Waals surface area contributed by atoms with Crippen molar-refractivity contribution in [2.45, 2.75) is 12.4 Å². The number of alkyl halides is 3. The minimum atomic E-state index is -4.41. The van der Waals surface area contributed by atoms with Gasteiger partial charge in [0.15, 0.2) is 6.23 Å². The first-order valence-corrected chi connectivity index (χ1v) is 5.70. The van der Waals surface area contributed by atoms with E-state index >= 15 is 0 Å². The molecule has 1 aliphatic heterocycles. The lowest BCUT2D eigenvalue weighted by Crippen LogP contribution is -2.61. The number of rotatable bonds is 3. The molecule has 4 nitrogen and oxygen atoms in total. The van der Waals surface area contributed by atoms with Crippen molar-refractivity contribution in [3.8, 4) is 5.75 Å². The zero-order valence-corrected chi connectivity index (χ0v) is 10.1. The molecule has 0 aromatic heterocycles. The molecule has 19 heavy (non-hydrogen) atoms. The molecule has 0 aliphatic carbocycles. The van der Waals surface area contributed by atoms with E-state index in [2.05, 4.69) is 10.6 Å². The molecule has 0 spiro atoms. The number of nitrogens with one attached hydrogen (secondary N) is 2. The first-order chi connectivity index (χ1) is 8.91. The van der Waals surface area contributed by atoms with E-state index in [1.54, 1.807) is 0 Å². The van der Waals surface area contributed by atoms with Crippen molar-refractivity contribution in [3.05, 3.63) is 29.8 Å². The zero-order valence-electron chi connectivity index (χ0n) is 10.1. The van der Waals surface area contributed by atoms with Crippen molar-refractivity contribution in [2.75, 3.05) is 13.6 Å². The fourth-order valence-corrected chi connectivity index (χ4v) is 1.76. The van der Waals surface area contributed by atoms with Gasteiger partial charge in [0.25, 0.3) is 0 Å². The number of hydrogen-bond donors (Lipinski definition) is 2. The molecular weight excluding hydrogens is 261 g/mol. The molecule has 1 saturated heterocycles. The van der Waals surface area contributed by atoms with E-state index in [0.29, 0.717) is 6.54 Å². The van der Waals surface area contributed by atoms with Crippen LogP contribution in [0, 0.1) is 5.92 Å². The van der Waals surface area contributed by atoms with Crippen LogP contribution in [0.1, 0.15) is 5.56 Å². The summed E-state index contributed by atoms with van der Waals surface area (Å²) in [5.74, 6) is -0.504. The molecule has 0 bridgehead atoms. The Kier molecular flexibility index (Phi) is 3.66. The molecule has 2 unspecified atom stereocenters. The fourth-order valence-electron chi connectivity index (χ4n) is 1.76. The standard InChI is InChI=1S/C12H13F3N2O2/c1-16-10(18)9-6-17-11(9)19-8-4-2-3-7(5-8)12(13,14)15/h2-5,9,11,17H,6H2,1H3,(H,16,18). The van der Waals surface area contributed by atoms with Crippen molar-refractivity contribution < 1.29 is 22.7 Å². The van der Waals surface area contributed by atoms with Gasteiger partial charge in [-0.25, -0.2) is 0 Å². The quantitative estimate of drug-likeness (QED) is 0.875. The Morgan fingerprint density at radius 3 is 2.74 bits per heavy atom. The summed E-state index contributed by atoms with van der Waals surface area (Å²) >= 11 is 0. The number of carbonyl (C=O) groups is 1. The van der Waals surface area contributed by atoms with Crippen LogP contribution in [0.15, 0.2) is 24.3 Å². The van der Waals surface area contributed by atoms with Crippen LogP contribution in [-0.2, 0) is 11.0 Å². The third-order valence-electron chi connectivity index (χ3n) is 2.91. The van der Waals surface area contributed by atoms with Crippen LogP contribution in [0.2, 0.25) is 0 Å². The number of amides is 1. The molecule has 1 amide bonds. The van der Waals surface area contributed by atoms with E-state index in [9.17, 15) is 18.0 Å². The van der Waals surface area contributed by atoms with Crippen LogP contribution < -0.4 is 15.4 Å². The number of hydrogen-bond acceptors (Lipinski definition) is 3. The Morgan fingerprint density at radius 2 is 2.21 bits per heavy atom. The van der Waals surface area contributed by atoms with Crippen molar-refractivity contribution >= 4 is 5.91 Å². The molecule has 1 aromatic carbocycles. The highest BCUT2D eigenvalue weighted by molar-refractivity contribution is 5.80. The number of halogens is 3. The van der Waals surface area contributed by atoms with E-state index in [-0.39, 0.29) is 17.6 Å². The van der Waals surface area contributed by atoms with Gasteiger partial charge in [-0.2, -0.15) is 13.2 Å². The van der Waals surface area contributed by atoms with Gasteiger partial charge in [-0.1, -0.05) is 6.07 Å². The topological polar surface area (TPSA) is 50.4 Å². The Hall–Kier alpha value is -1.76. The SMILES string of the molecule is CNC(=O)C1CNC1Oc1cccc(C(F)(F)F)c1. The zero-order chi connectivity index (χ0) is 14.0. The lowest BCUT2D eigenvalue weighted by Gasteiger charge is -2.36. The van der Waals surface area contributed by atoms with Crippen LogP contribution in [0.4, 0.5) is 13.2 Å². The van der Waals surface area contributed by atoms with Gasteiger partial charge < -0.3 is 10.1 Å². The smallest absolute Gasteiger partial charge is 0.416 e. The van der Waals surface area contributed by atoms with Gasteiger partial charge in [0.1, 0.15) is 11.7 Å². The average Bonchev–Trinajstić information content (AvgIpc) is 2.34. The molecule has 0 radical (unpaired) electrons. The summed E-state index contributed by atoms with van der Waals surface area (Å²) in [6.07, 6.45) is -5.00. The first-order valence-electron chi connectivity index (χ1n) is 5.70. The molecule has 1 aromatic rings. The van der Waals surface area contributed by atoms with Crippen molar-refractivity contribution in [1.29, 1.82) is 0 Å². The van der Waals surface area contributed by atoms with Crippen molar-refractivity contribution in [1.82, 2.24) is 10.6 Å². The molecule has 1 fully saturated rings. The third-order valence-corrected chi connectivity index (χ3v) is 2.91. The van der Waals surface area contributed by atoms with E-state index in [1.165, 1.54) is 19.2 Å². The molecule has 1 heterocycles. The lowest BCUT2D eigenvalue weighted by molar-refractivity contribution is -0.138. The largest absolute Gasteiger partial charge is 0.474 e. The first kappa shape index (κ1) is 13.7. The maximum absolute atomic E-state index is 12.5. The molecule has 2 N–H and O–H groups in total. The second-order valence-electron chi connectivity index (χ2n) is 4.19. The fraction of sp³-hybridized carbons (Fsp3) is 0.417. The normalized spacial score (nSPS) is 22.5.